The molecular formula is C21H22N4O3. The van der Waals surface area contributed by atoms with Gasteiger partial charge in [0, 0.05) is 37.1 Å². The second kappa shape index (κ2) is 9.36. The highest BCUT2D eigenvalue weighted by Crippen LogP contribution is 2.09. The molecule has 3 rings (SSSR count). The maximum absolute atomic E-state index is 12.6. The fraction of sp³-hybridized carbons (Fsp3) is 0.190. The number of carbonyl (C=O) groups excluding carboxylic acids is 2. The molecule has 0 bridgehead atoms. The topological polar surface area (TPSA) is 89.2 Å². The predicted octanol–water partition coefficient (Wildman–Crippen LogP) is 2.76. The molecule has 0 radical (unpaired) electrons. The van der Waals surface area contributed by atoms with E-state index in [1.165, 1.54) is 12.3 Å². The summed E-state index contributed by atoms with van der Waals surface area (Å²) >= 11 is 0. The van der Waals surface area contributed by atoms with Crippen LogP contribution in [0.1, 0.15) is 28.1 Å². The third-order valence-electron chi connectivity index (χ3n) is 4.04. The van der Waals surface area contributed by atoms with Crippen molar-refractivity contribution < 1.29 is 14.0 Å². The van der Waals surface area contributed by atoms with Crippen LogP contribution in [-0.4, -0.2) is 27.9 Å². The first-order valence-electron chi connectivity index (χ1n) is 8.99. The van der Waals surface area contributed by atoms with Crippen LogP contribution in [-0.2, 0) is 11.3 Å². The molecular weight excluding hydrogens is 356 g/mol. The number of hydrogen-bond acceptors (Lipinski definition) is 4. The van der Waals surface area contributed by atoms with E-state index in [2.05, 4.69) is 15.6 Å². The summed E-state index contributed by atoms with van der Waals surface area (Å²) in [6.45, 7) is 3.11. The second-order valence-electron chi connectivity index (χ2n) is 6.31. The summed E-state index contributed by atoms with van der Waals surface area (Å²) < 4.78 is 7.21. The van der Waals surface area contributed by atoms with Gasteiger partial charge in [0.2, 0.25) is 0 Å². The largest absolute Gasteiger partial charge is 0.465 e. The van der Waals surface area contributed by atoms with Crippen molar-refractivity contribution in [2.24, 2.45) is 0 Å². The number of carbonyl (C=O) groups is 2. The van der Waals surface area contributed by atoms with E-state index in [4.69, 9.17) is 4.42 Å². The predicted molar refractivity (Wildman–Crippen MR) is 105 cm³/mol. The van der Waals surface area contributed by atoms with Crippen LogP contribution >= 0.6 is 0 Å². The fourth-order valence-corrected chi connectivity index (χ4v) is 2.63. The van der Waals surface area contributed by atoms with Gasteiger partial charge in [-0.2, -0.15) is 0 Å². The lowest BCUT2D eigenvalue weighted by molar-refractivity contribution is -0.117. The van der Waals surface area contributed by atoms with E-state index in [0.717, 1.165) is 18.5 Å². The number of amides is 2. The van der Waals surface area contributed by atoms with Crippen molar-refractivity contribution in [2.75, 3.05) is 6.54 Å². The second-order valence-corrected chi connectivity index (χ2v) is 6.31. The molecule has 0 unspecified atom stereocenters. The van der Waals surface area contributed by atoms with Crippen LogP contribution in [0.3, 0.4) is 0 Å². The third kappa shape index (κ3) is 5.44. The van der Waals surface area contributed by atoms with Crippen molar-refractivity contribution in [3.8, 4) is 0 Å². The molecule has 2 aromatic heterocycles. The van der Waals surface area contributed by atoms with Gasteiger partial charge in [-0.3, -0.25) is 9.59 Å². The molecule has 2 heterocycles. The Kier molecular flexibility index (Phi) is 6.41. The number of hydrogen-bond donors (Lipinski definition) is 2. The zero-order valence-corrected chi connectivity index (χ0v) is 15.6. The highest BCUT2D eigenvalue weighted by Gasteiger charge is 2.15. The summed E-state index contributed by atoms with van der Waals surface area (Å²) in [7, 11) is 0. The maximum Gasteiger partial charge on any atom is 0.267 e. The molecule has 7 heteroatoms. The number of imidazole rings is 1. The van der Waals surface area contributed by atoms with E-state index in [0.29, 0.717) is 17.9 Å². The fourth-order valence-electron chi connectivity index (χ4n) is 2.63. The molecule has 0 aliphatic heterocycles. The summed E-state index contributed by atoms with van der Waals surface area (Å²) in [5.74, 6) is -0.244. The maximum atomic E-state index is 12.6. The minimum Gasteiger partial charge on any atom is -0.465 e. The Hall–Kier alpha value is -3.61. The highest BCUT2D eigenvalue weighted by molar-refractivity contribution is 6.05. The smallest absolute Gasteiger partial charge is 0.267 e. The lowest BCUT2D eigenvalue weighted by Gasteiger charge is -2.11. The molecule has 0 aliphatic rings. The Balaban J connectivity index is 1.64. The lowest BCUT2D eigenvalue weighted by atomic mass is 10.1. The average molecular weight is 378 g/mol. The van der Waals surface area contributed by atoms with E-state index in [1.807, 2.05) is 23.8 Å². The number of aryl methyl sites for hydroxylation is 2. The normalized spacial score (nSPS) is 11.2. The van der Waals surface area contributed by atoms with Crippen LogP contribution in [0.4, 0.5) is 0 Å². The molecule has 3 aromatic rings. The van der Waals surface area contributed by atoms with Crippen molar-refractivity contribution in [1.29, 1.82) is 0 Å². The van der Waals surface area contributed by atoms with E-state index in [-0.39, 0.29) is 17.5 Å². The Morgan fingerprint density at radius 1 is 1.25 bits per heavy atom. The van der Waals surface area contributed by atoms with Crippen molar-refractivity contribution >= 4 is 17.9 Å². The molecule has 144 valence electrons. The lowest BCUT2D eigenvalue weighted by Crippen LogP contribution is -2.35. The van der Waals surface area contributed by atoms with Crippen LogP contribution in [0.15, 0.2) is 71.5 Å². The quantitative estimate of drug-likeness (QED) is 0.466. The zero-order valence-electron chi connectivity index (χ0n) is 15.6. The summed E-state index contributed by atoms with van der Waals surface area (Å²) in [6.07, 6.45) is 9.07. The number of aromatic nitrogens is 2. The van der Waals surface area contributed by atoms with Crippen molar-refractivity contribution in [2.45, 2.75) is 19.9 Å². The molecule has 0 spiro atoms. The molecule has 0 aliphatic carbocycles. The van der Waals surface area contributed by atoms with Gasteiger partial charge in [-0.1, -0.05) is 17.7 Å². The Labute approximate surface area is 163 Å². The van der Waals surface area contributed by atoms with Crippen LogP contribution in [0.5, 0.6) is 0 Å². The number of nitrogens with one attached hydrogen (secondary N) is 2. The minimum atomic E-state index is -0.372. The van der Waals surface area contributed by atoms with Gasteiger partial charge in [0.1, 0.15) is 11.5 Å². The van der Waals surface area contributed by atoms with Gasteiger partial charge in [0.25, 0.3) is 11.8 Å². The molecule has 0 saturated heterocycles. The molecule has 0 fully saturated rings. The summed E-state index contributed by atoms with van der Waals surface area (Å²) in [5.41, 5.74) is 1.58. The van der Waals surface area contributed by atoms with Crippen LogP contribution in [0, 0.1) is 6.92 Å². The summed E-state index contributed by atoms with van der Waals surface area (Å²) in [4.78, 5) is 29.1. The number of benzene rings is 1. The van der Waals surface area contributed by atoms with Gasteiger partial charge in [-0.15, -0.1) is 0 Å². The van der Waals surface area contributed by atoms with Gasteiger partial charge in [-0.25, -0.2) is 4.98 Å². The first kappa shape index (κ1) is 19.2. The molecule has 7 nitrogen and oxygen atoms in total. The van der Waals surface area contributed by atoms with Gasteiger partial charge in [0.15, 0.2) is 0 Å². The monoisotopic (exact) mass is 378 g/mol. The number of nitrogens with zero attached hydrogens (tertiary/aromatic N) is 2. The van der Waals surface area contributed by atoms with Crippen molar-refractivity contribution in [3.05, 3.63) is 84.0 Å². The van der Waals surface area contributed by atoms with Crippen molar-refractivity contribution in [1.82, 2.24) is 20.2 Å². The van der Waals surface area contributed by atoms with Gasteiger partial charge in [0.05, 0.1) is 12.6 Å². The number of rotatable bonds is 8. The SMILES string of the molecule is Cc1cccc(C(=O)N/C(=C\c2ccco2)C(=O)NCCCn2ccnc2)c1. The van der Waals surface area contributed by atoms with Crippen LogP contribution < -0.4 is 10.6 Å². The zero-order chi connectivity index (χ0) is 19.8. The Bertz CT molecular complexity index is 944. The van der Waals surface area contributed by atoms with Gasteiger partial charge >= 0.3 is 0 Å². The standard InChI is InChI=1S/C21H22N4O3/c1-16-5-2-6-17(13-16)20(26)24-19(14-18-7-3-12-28-18)21(27)23-8-4-10-25-11-9-22-15-25/h2-3,5-7,9,11-15H,4,8,10H2,1H3,(H,23,27)(H,24,26)/b19-14-. The first-order valence-corrected chi connectivity index (χ1v) is 8.99. The highest BCUT2D eigenvalue weighted by atomic mass is 16.3. The van der Waals surface area contributed by atoms with E-state index >= 15 is 0 Å². The van der Waals surface area contributed by atoms with Gasteiger partial charge < -0.3 is 19.6 Å². The molecule has 28 heavy (non-hydrogen) atoms. The summed E-state index contributed by atoms with van der Waals surface area (Å²) in [5, 5.41) is 5.52. The molecule has 2 amide bonds. The summed E-state index contributed by atoms with van der Waals surface area (Å²) in [6, 6.07) is 10.6. The third-order valence-corrected chi connectivity index (χ3v) is 4.04. The molecule has 2 N–H and O–H groups in total. The number of furan rings is 1. The average Bonchev–Trinajstić information content (AvgIpc) is 3.38. The van der Waals surface area contributed by atoms with Crippen molar-refractivity contribution in [3.63, 3.8) is 0 Å². The van der Waals surface area contributed by atoms with Gasteiger partial charge in [-0.05, 0) is 37.6 Å². The Morgan fingerprint density at radius 2 is 2.14 bits per heavy atom. The first-order chi connectivity index (χ1) is 13.6. The van der Waals surface area contributed by atoms with E-state index < -0.39 is 0 Å². The van der Waals surface area contributed by atoms with E-state index in [9.17, 15) is 9.59 Å². The molecule has 0 atom stereocenters. The van der Waals surface area contributed by atoms with Crippen LogP contribution in [0.25, 0.3) is 6.08 Å². The van der Waals surface area contributed by atoms with Crippen LogP contribution in [0.2, 0.25) is 0 Å². The Morgan fingerprint density at radius 3 is 2.86 bits per heavy atom. The minimum absolute atomic E-state index is 0.129. The molecule has 1 aromatic carbocycles. The van der Waals surface area contributed by atoms with E-state index in [1.54, 1.807) is 42.9 Å². The molecule has 0 saturated carbocycles.